The summed E-state index contributed by atoms with van der Waals surface area (Å²) < 4.78 is 5.26. The third-order valence-electron chi connectivity index (χ3n) is 3.69. The normalized spacial score (nSPS) is 19.9. The quantitative estimate of drug-likeness (QED) is 0.765. The molecule has 1 heterocycles. The van der Waals surface area contributed by atoms with Crippen LogP contribution >= 0.6 is 11.8 Å². The Kier molecular flexibility index (Phi) is 5.97. The summed E-state index contributed by atoms with van der Waals surface area (Å²) >= 11 is 1.78. The third-order valence-corrected chi connectivity index (χ3v) is 4.33. The van der Waals surface area contributed by atoms with Crippen molar-refractivity contribution in [2.24, 2.45) is 5.41 Å². The molecule has 1 aliphatic rings. The molecule has 1 aliphatic heterocycles. The van der Waals surface area contributed by atoms with Gasteiger partial charge in [0.15, 0.2) is 0 Å². The van der Waals surface area contributed by atoms with E-state index in [0.29, 0.717) is 26.1 Å². The summed E-state index contributed by atoms with van der Waals surface area (Å²) in [6, 6.07) is 2.41. The number of hydrogen-bond acceptors (Lipinski definition) is 4. The predicted molar refractivity (Wildman–Crippen MR) is 73.3 cm³/mol. The van der Waals surface area contributed by atoms with Gasteiger partial charge in [0, 0.05) is 26.3 Å². The highest BCUT2D eigenvalue weighted by molar-refractivity contribution is 7.98. The smallest absolute Gasteiger partial charge is 0.243 e. The zero-order chi connectivity index (χ0) is 13.6. The van der Waals surface area contributed by atoms with Crippen molar-refractivity contribution >= 4 is 17.7 Å². The van der Waals surface area contributed by atoms with Crippen LogP contribution in [0.5, 0.6) is 0 Å². The van der Waals surface area contributed by atoms with Gasteiger partial charge in [-0.05, 0) is 38.2 Å². The molecule has 4 nitrogen and oxygen atoms in total. The molecule has 0 bridgehead atoms. The van der Waals surface area contributed by atoms with Crippen molar-refractivity contribution in [2.45, 2.75) is 32.2 Å². The van der Waals surface area contributed by atoms with Crippen molar-refractivity contribution in [2.75, 3.05) is 32.3 Å². The van der Waals surface area contributed by atoms with Crippen LogP contribution in [0.3, 0.4) is 0 Å². The molecule has 102 valence electrons. The predicted octanol–water partition coefficient (Wildman–Crippen LogP) is 1.91. The summed E-state index contributed by atoms with van der Waals surface area (Å²) in [6.45, 7) is 3.05. The maximum atomic E-state index is 12.5. The number of amides is 1. The zero-order valence-electron chi connectivity index (χ0n) is 11.4. The van der Waals surface area contributed by atoms with Crippen LogP contribution in [0.15, 0.2) is 0 Å². The van der Waals surface area contributed by atoms with E-state index in [9.17, 15) is 10.1 Å². The van der Waals surface area contributed by atoms with Crippen LogP contribution in [0.1, 0.15) is 26.2 Å². The van der Waals surface area contributed by atoms with Crippen LogP contribution in [-0.2, 0) is 9.53 Å². The van der Waals surface area contributed by atoms with Gasteiger partial charge >= 0.3 is 0 Å². The molecule has 1 atom stereocenters. The van der Waals surface area contributed by atoms with E-state index in [1.54, 1.807) is 16.7 Å². The molecule has 0 N–H and O–H groups in total. The van der Waals surface area contributed by atoms with E-state index in [2.05, 4.69) is 12.3 Å². The Labute approximate surface area is 114 Å². The van der Waals surface area contributed by atoms with E-state index in [-0.39, 0.29) is 11.9 Å². The SMILES string of the molecule is CSCCC(C)N(C)C(=O)C1(C#N)CCOCC1. The average Bonchev–Trinajstić information content (AvgIpc) is 2.43. The molecule has 1 rings (SSSR count). The van der Waals surface area contributed by atoms with E-state index in [0.717, 1.165) is 12.2 Å². The molecular formula is C13H22N2O2S. The molecule has 1 unspecified atom stereocenters. The van der Waals surface area contributed by atoms with E-state index in [1.807, 2.05) is 14.0 Å². The van der Waals surface area contributed by atoms with Gasteiger partial charge in [-0.15, -0.1) is 0 Å². The number of rotatable bonds is 5. The van der Waals surface area contributed by atoms with Crippen molar-refractivity contribution < 1.29 is 9.53 Å². The monoisotopic (exact) mass is 270 g/mol. The number of nitriles is 1. The lowest BCUT2D eigenvalue weighted by atomic mass is 9.80. The maximum Gasteiger partial charge on any atom is 0.243 e. The first-order valence-corrected chi connectivity index (χ1v) is 7.72. The van der Waals surface area contributed by atoms with Gasteiger partial charge in [-0.2, -0.15) is 17.0 Å². The number of ether oxygens (including phenoxy) is 1. The minimum Gasteiger partial charge on any atom is -0.381 e. The van der Waals surface area contributed by atoms with Crippen molar-refractivity contribution in [3.63, 3.8) is 0 Å². The van der Waals surface area contributed by atoms with Crippen molar-refractivity contribution in [1.29, 1.82) is 5.26 Å². The van der Waals surface area contributed by atoms with Gasteiger partial charge in [0.05, 0.1) is 6.07 Å². The molecule has 0 aromatic rings. The highest BCUT2D eigenvalue weighted by Gasteiger charge is 2.42. The molecule has 0 spiro atoms. The second-order valence-electron chi connectivity index (χ2n) is 4.85. The van der Waals surface area contributed by atoms with E-state index >= 15 is 0 Å². The van der Waals surface area contributed by atoms with Gasteiger partial charge in [0.2, 0.25) is 5.91 Å². The Hall–Kier alpha value is -0.730. The Morgan fingerprint density at radius 2 is 2.17 bits per heavy atom. The van der Waals surface area contributed by atoms with Gasteiger partial charge in [-0.3, -0.25) is 4.79 Å². The highest BCUT2D eigenvalue weighted by Crippen LogP contribution is 2.32. The topological polar surface area (TPSA) is 53.3 Å². The largest absolute Gasteiger partial charge is 0.381 e. The minimum atomic E-state index is -0.860. The zero-order valence-corrected chi connectivity index (χ0v) is 12.3. The summed E-state index contributed by atoms with van der Waals surface area (Å²) in [6.07, 6.45) is 4.05. The molecule has 0 aliphatic carbocycles. The summed E-state index contributed by atoms with van der Waals surface area (Å²) in [5, 5.41) is 9.36. The minimum absolute atomic E-state index is 0.0399. The van der Waals surface area contributed by atoms with Crippen LogP contribution in [0.4, 0.5) is 0 Å². The Bertz CT molecular complexity index is 321. The standard InChI is InChI=1S/C13H22N2O2S/c1-11(4-9-18-3)15(2)12(16)13(10-14)5-7-17-8-6-13/h11H,4-9H2,1-3H3. The highest BCUT2D eigenvalue weighted by atomic mass is 32.2. The summed E-state index contributed by atoms with van der Waals surface area (Å²) in [5.41, 5.74) is -0.860. The molecule has 18 heavy (non-hydrogen) atoms. The molecule has 1 saturated heterocycles. The Morgan fingerprint density at radius 3 is 2.67 bits per heavy atom. The van der Waals surface area contributed by atoms with Crippen LogP contribution in [0.2, 0.25) is 0 Å². The van der Waals surface area contributed by atoms with E-state index in [4.69, 9.17) is 4.74 Å². The number of carbonyl (C=O) groups is 1. The van der Waals surface area contributed by atoms with Gasteiger partial charge in [0.25, 0.3) is 0 Å². The first kappa shape index (κ1) is 15.3. The van der Waals surface area contributed by atoms with Gasteiger partial charge in [-0.25, -0.2) is 0 Å². The van der Waals surface area contributed by atoms with Crippen molar-refractivity contribution in [3.05, 3.63) is 0 Å². The number of nitrogens with zero attached hydrogens (tertiary/aromatic N) is 2. The second-order valence-corrected chi connectivity index (χ2v) is 5.84. The number of carbonyl (C=O) groups excluding carboxylic acids is 1. The van der Waals surface area contributed by atoms with Crippen LogP contribution < -0.4 is 0 Å². The van der Waals surface area contributed by atoms with Gasteiger partial charge in [0.1, 0.15) is 5.41 Å². The Morgan fingerprint density at radius 1 is 1.56 bits per heavy atom. The number of thioether (sulfide) groups is 1. The van der Waals surface area contributed by atoms with Crippen LogP contribution in [0, 0.1) is 16.7 Å². The molecule has 1 amide bonds. The molecule has 5 heteroatoms. The molecular weight excluding hydrogens is 248 g/mol. The lowest BCUT2D eigenvalue weighted by molar-refractivity contribution is -0.144. The van der Waals surface area contributed by atoms with Crippen molar-refractivity contribution in [1.82, 2.24) is 4.90 Å². The first-order valence-electron chi connectivity index (χ1n) is 6.32. The fraction of sp³-hybridized carbons (Fsp3) is 0.846. The van der Waals surface area contributed by atoms with Crippen LogP contribution in [-0.4, -0.2) is 49.1 Å². The first-order chi connectivity index (χ1) is 8.57. The lowest BCUT2D eigenvalue weighted by Crippen LogP contribution is -2.47. The molecule has 1 fully saturated rings. The molecule has 0 aromatic carbocycles. The maximum absolute atomic E-state index is 12.5. The Balaban J connectivity index is 2.68. The summed E-state index contributed by atoms with van der Waals surface area (Å²) in [7, 11) is 1.81. The van der Waals surface area contributed by atoms with Crippen molar-refractivity contribution in [3.8, 4) is 6.07 Å². The molecule has 0 radical (unpaired) electrons. The second kappa shape index (κ2) is 7.01. The third kappa shape index (κ3) is 3.39. The average molecular weight is 270 g/mol. The fourth-order valence-electron chi connectivity index (χ4n) is 2.11. The van der Waals surface area contributed by atoms with E-state index < -0.39 is 5.41 Å². The number of hydrogen-bond donors (Lipinski definition) is 0. The van der Waals surface area contributed by atoms with E-state index in [1.165, 1.54) is 0 Å². The molecule has 0 aromatic heterocycles. The molecule has 0 saturated carbocycles. The van der Waals surface area contributed by atoms with Gasteiger partial charge < -0.3 is 9.64 Å². The van der Waals surface area contributed by atoms with Crippen LogP contribution in [0.25, 0.3) is 0 Å². The fourth-order valence-corrected chi connectivity index (χ4v) is 2.69. The summed E-state index contributed by atoms with van der Waals surface area (Å²) in [5.74, 6) is 0.989. The summed E-state index contributed by atoms with van der Waals surface area (Å²) in [4.78, 5) is 14.2. The lowest BCUT2D eigenvalue weighted by Gasteiger charge is -2.35. The van der Waals surface area contributed by atoms with Gasteiger partial charge in [-0.1, -0.05) is 0 Å².